The van der Waals surface area contributed by atoms with Crippen molar-refractivity contribution < 1.29 is 37.4 Å². The Morgan fingerprint density at radius 3 is 1.70 bits per heavy atom. The molecular weight excluding hydrogens is 238 g/mol. The number of hydrogen-bond acceptors (Lipinski definition) is 4. The minimum atomic E-state index is -1.75. The van der Waals surface area contributed by atoms with E-state index in [0.717, 1.165) is 0 Å². The Bertz CT molecular complexity index is 101. The van der Waals surface area contributed by atoms with Crippen molar-refractivity contribution in [3.8, 4) is 0 Å². The summed E-state index contributed by atoms with van der Waals surface area (Å²) in [6.07, 6.45) is 0.222. The molecule has 0 rings (SSSR count). The van der Waals surface area contributed by atoms with Crippen molar-refractivity contribution in [2.45, 2.75) is 13.3 Å². The van der Waals surface area contributed by atoms with Gasteiger partial charge in [0.25, 0.3) is 0 Å². The second-order valence-electron chi connectivity index (χ2n) is 0.971. The van der Waals surface area contributed by atoms with Gasteiger partial charge in [0.1, 0.15) is 0 Å². The minimum Gasteiger partial charge on any atom is -0.481 e. The molecule has 6 nitrogen and oxygen atoms in total. The number of hydrogen-bond donors (Lipinski definition) is 1. The molecule has 0 aromatic heterocycles. The molecule has 0 spiro atoms. The van der Waals surface area contributed by atoms with E-state index in [0.29, 0.717) is 0 Å². The number of nitrogens with zero attached hydrogens (tertiary/aromatic N) is 1. The second kappa shape index (κ2) is 11.2. The van der Waals surface area contributed by atoms with Gasteiger partial charge in [0, 0.05) is 6.42 Å². The van der Waals surface area contributed by atoms with Gasteiger partial charge in [0.05, 0.1) is 5.09 Å². The van der Waals surface area contributed by atoms with E-state index >= 15 is 0 Å². The largest absolute Gasteiger partial charge is 1.00 e. The van der Waals surface area contributed by atoms with Crippen LogP contribution in [0.25, 0.3) is 0 Å². The van der Waals surface area contributed by atoms with Crippen molar-refractivity contribution in [2.75, 3.05) is 0 Å². The van der Waals surface area contributed by atoms with E-state index in [1.165, 1.54) is 0 Å². The maximum absolute atomic E-state index is 9.37. The number of carbonyl (C=O) groups is 1. The van der Waals surface area contributed by atoms with Crippen LogP contribution in [0.3, 0.4) is 0 Å². The van der Waals surface area contributed by atoms with Crippen molar-refractivity contribution in [1.82, 2.24) is 0 Å². The van der Waals surface area contributed by atoms with Crippen molar-refractivity contribution >= 4 is 5.97 Å². The number of rotatable bonds is 1. The quantitative estimate of drug-likeness (QED) is 0.404. The number of carboxylic acids is 1. The van der Waals surface area contributed by atoms with Crippen LogP contribution in [0.15, 0.2) is 0 Å². The molecule has 64 valence electrons. The average Bonchev–Trinajstić information content (AvgIpc) is 1.65. The Labute approximate surface area is 72.5 Å². The molecule has 0 saturated heterocycles. The summed E-state index contributed by atoms with van der Waals surface area (Å²) in [5.74, 6) is -0.745. The first kappa shape index (κ1) is 16.2. The van der Waals surface area contributed by atoms with E-state index in [9.17, 15) is 4.79 Å². The predicted molar refractivity (Wildman–Crippen MR) is 28.3 cm³/mol. The standard InChI is InChI=1S/C3H6O2.Ag.NO3/c1-2-3(4)5;;2-1(3)4/h2H2,1H3,(H,4,5);;/q;+1;-1. The van der Waals surface area contributed by atoms with Crippen LogP contribution >= 0.6 is 0 Å². The Morgan fingerprint density at radius 2 is 1.70 bits per heavy atom. The van der Waals surface area contributed by atoms with Crippen molar-refractivity contribution in [2.24, 2.45) is 0 Å². The monoisotopic (exact) mass is 243 g/mol. The van der Waals surface area contributed by atoms with Gasteiger partial charge in [-0.3, -0.25) is 4.79 Å². The van der Waals surface area contributed by atoms with Crippen LogP contribution < -0.4 is 0 Å². The molecule has 0 amide bonds. The molecule has 0 aromatic rings. The summed E-state index contributed by atoms with van der Waals surface area (Å²) in [6, 6.07) is 0. The maximum atomic E-state index is 9.37. The van der Waals surface area contributed by atoms with Crippen molar-refractivity contribution in [3.05, 3.63) is 15.3 Å². The molecule has 7 heteroatoms. The molecule has 0 aliphatic rings. The molecule has 0 atom stereocenters. The second-order valence-corrected chi connectivity index (χ2v) is 0.971. The van der Waals surface area contributed by atoms with Crippen LogP contribution in [0.5, 0.6) is 0 Å². The smallest absolute Gasteiger partial charge is 0.481 e. The fraction of sp³-hybridized carbons (Fsp3) is 0.667. The molecule has 0 aromatic carbocycles. The molecule has 1 N–H and O–H groups in total. The molecule has 0 aliphatic carbocycles. The Morgan fingerprint density at radius 1 is 1.60 bits per heavy atom. The zero-order valence-corrected chi connectivity index (χ0v) is 6.52. The van der Waals surface area contributed by atoms with Crippen LogP contribution in [-0.2, 0) is 27.2 Å². The van der Waals surface area contributed by atoms with Gasteiger partial charge < -0.3 is 20.4 Å². The van der Waals surface area contributed by atoms with Crippen molar-refractivity contribution in [1.29, 1.82) is 0 Å². The van der Waals surface area contributed by atoms with Gasteiger partial charge in [-0.1, -0.05) is 6.92 Å². The van der Waals surface area contributed by atoms with Crippen LogP contribution in [0.1, 0.15) is 13.3 Å². The van der Waals surface area contributed by atoms with E-state index in [1.807, 2.05) is 0 Å². The van der Waals surface area contributed by atoms with Gasteiger partial charge in [-0.25, -0.2) is 0 Å². The summed E-state index contributed by atoms with van der Waals surface area (Å²) in [4.78, 5) is 17.6. The predicted octanol–water partition coefficient (Wildman–Crippen LogP) is 0.239. The summed E-state index contributed by atoms with van der Waals surface area (Å²) in [7, 11) is 0. The van der Waals surface area contributed by atoms with E-state index in [4.69, 9.17) is 20.4 Å². The molecule has 0 saturated carbocycles. The van der Waals surface area contributed by atoms with Crippen LogP contribution in [0.4, 0.5) is 0 Å². The van der Waals surface area contributed by atoms with Crippen LogP contribution in [0.2, 0.25) is 0 Å². The Kier molecular flexibility index (Phi) is 18.2. The van der Waals surface area contributed by atoms with Crippen molar-refractivity contribution in [3.63, 3.8) is 0 Å². The minimum absolute atomic E-state index is 0. The summed E-state index contributed by atoms with van der Waals surface area (Å²) in [5.41, 5.74) is 0. The molecule has 0 aliphatic heterocycles. The van der Waals surface area contributed by atoms with Gasteiger partial charge >= 0.3 is 28.3 Å². The van der Waals surface area contributed by atoms with E-state index < -0.39 is 11.1 Å². The first-order valence-corrected chi connectivity index (χ1v) is 2.04. The first-order chi connectivity index (χ1) is 4.00. The summed E-state index contributed by atoms with van der Waals surface area (Å²) >= 11 is 0. The fourth-order valence-electron chi connectivity index (χ4n) is 0. The maximum Gasteiger partial charge on any atom is 1.00 e. The van der Waals surface area contributed by atoms with E-state index in [1.54, 1.807) is 6.92 Å². The third kappa shape index (κ3) is 153. The summed E-state index contributed by atoms with van der Waals surface area (Å²) < 4.78 is 0. The zero-order chi connectivity index (χ0) is 7.86. The SMILES string of the molecule is CCC(=O)O.O=[N+]([O-])[O-].[Ag+]. The zero-order valence-electron chi connectivity index (χ0n) is 5.04. The average molecular weight is 244 g/mol. The third-order valence-electron chi connectivity index (χ3n) is 0.302. The molecule has 10 heavy (non-hydrogen) atoms. The summed E-state index contributed by atoms with van der Waals surface area (Å²) in [6.45, 7) is 1.60. The molecule has 0 fully saturated rings. The van der Waals surface area contributed by atoms with Gasteiger partial charge in [0.2, 0.25) is 0 Å². The van der Waals surface area contributed by atoms with E-state index in [2.05, 4.69) is 0 Å². The number of carboxylic acid groups (broad SMARTS) is 1. The topological polar surface area (TPSA) is 104 Å². The molecule has 0 bridgehead atoms. The van der Waals surface area contributed by atoms with E-state index in [-0.39, 0.29) is 28.8 Å². The third-order valence-corrected chi connectivity index (χ3v) is 0.302. The Balaban J connectivity index is -0.0000000910. The first-order valence-electron chi connectivity index (χ1n) is 2.04. The summed E-state index contributed by atoms with van der Waals surface area (Å²) in [5, 5.41) is 22.5. The number of aliphatic carboxylic acids is 1. The molecule has 0 unspecified atom stereocenters. The van der Waals surface area contributed by atoms with Gasteiger partial charge in [-0.15, -0.1) is 0 Å². The van der Waals surface area contributed by atoms with Crippen LogP contribution in [-0.4, -0.2) is 16.2 Å². The Hall–Kier alpha value is -0.590. The molecule has 0 heterocycles. The van der Waals surface area contributed by atoms with Gasteiger partial charge in [-0.05, 0) is 0 Å². The van der Waals surface area contributed by atoms with Gasteiger partial charge in [0.15, 0.2) is 0 Å². The molecule has 0 radical (unpaired) electrons. The van der Waals surface area contributed by atoms with Crippen LogP contribution in [0, 0.1) is 15.3 Å². The fourth-order valence-corrected chi connectivity index (χ4v) is 0. The normalized spacial score (nSPS) is 6.10. The molecular formula is C3H6AgNO5. The van der Waals surface area contributed by atoms with Gasteiger partial charge in [-0.2, -0.15) is 0 Å².